The zero-order valence-corrected chi connectivity index (χ0v) is 19.8. The van der Waals surface area contributed by atoms with Gasteiger partial charge < -0.3 is 14.8 Å². The van der Waals surface area contributed by atoms with Crippen LogP contribution >= 0.6 is 0 Å². The maximum atomic E-state index is 12.7. The molecule has 6 heteroatoms. The lowest BCUT2D eigenvalue weighted by Crippen LogP contribution is -2.45. The van der Waals surface area contributed by atoms with E-state index in [1.165, 1.54) is 11.1 Å². The van der Waals surface area contributed by atoms with Crippen molar-refractivity contribution < 1.29 is 14.3 Å². The first-order valence-electron chi connectivity index (χ1n) is 11.8. The van der Waals surface area contributed by atoms with Crippen LogP contribution in [0.3, 0.4) is 0 Å². The highest BCUT2D eigenvalue weighted by molar-refractivity contribution is 6.04. The molecule has 1 fully saturated rings. The summed E-state index contributed by atoms with van der Waals surface area (Å²) < 4.78 is 10.6. The molecular weight excluding hydrogens is 426 g/mol. The molecule has 1 N–H and O–H groups in total. The van der Waals surface area contributed by atoms with Crippen LogP contribution in [0.15, 0.2) is 78.9 Å². The van der Waals surface area contributed by atoms with Gasteiger partial charge in [0.25, 0.3) is 5.91 Å². The molecule has 1 aliphatic rings. The summed E-state index contributed by atoms with van der Waals surface area (Å²) in [4.78, 5) is 17.7. The number of hydrogen-bond donors (Lipinski definition) is 1. The first-order chi connectivity index (χ1) is 16.7. The van der Waals surface area contributed by atoms with Crippen LogP contribution < -0.4 is 10.1 Å². The number of nitrogens with one attached hydrogen (secondary N) is 1. The zero-order valence-electron chi connectivity index (χ0n) is 19.8. The van der Waals surface area contributed by atoms with E-state index in [0.717, 1.165) is 45.0 Å². The van der Waals surface area contributed by atoms with Crippen molar-refractivity contribution in [3.63, 3.8) is 0 Å². The van der Waals surface area contributed by atoms with Gasteiger partial charge in [-0.25, -0.2) is 0 Å². The van der Waals surface area contributed by atoms with Gasteiger partial charge in [-0.2, -0.15) is 0 Å². The molecule has 0 bridgehead atoms. The molecule has 0 radical (unpaired) electrons. The van der Waals surface area contributed by atoms with Crippen molar-refractivity contribution in [3.05, 3.63) is 95.6 Å². The normalized spacial score (nSPS) is 14.6. The SMILES string of the molecule is COCCOc1cccc(C(=O)Nc2ccc(CN3CCN(Cc4ccccc4)CC3)cc2)c1. The third kappa shape index (κ3) is 7.15. The predicted octanol–water partition coefficient (Wildman–Crippen LogP) is 4.28. The molecule has 3 aromatic carbocycles. The van der Waals surface area contributed by atoms with Crippen molar-refractivity contribution >= 4 is 11.6 Å². The lowest BCUT2D eigenvalue weighted by molar-refractivity contribution is 0.102. The summed E-state index contributed by atoms with van der Waals surface area (Å²) in [5.41, 5.74) is 3.97. The maximum Gasteiger partial charge on any atom is 0.255 e. The fraction of sp³-hybridized carbons (Fsp3) is 0.321. The first kappa shape index (κ1) is 24.0. The molecule has 1 aliphatic heterocycles. The Morgan fingerprint density at radius 2 is 1.44 bits per heavy atom. The quantitative estimate of drug-likeness (QED) is 0.459. The van der Waals surface area contributed by atoms with Gasteiger partial charge >= 0.3 is 0 Å². The first-order valence-corrected chi connectivity index (χ1v) is 11.8. The number of piperazine rings is 1. The van der Waals surface area contributed by atoms with Gasteiger partial charge in [0.15, 0.2) is 0 Å². The number of benzene rings is 3. The number of nitrogens with zero attached hydrogens (tertiary/aromatic N) is 2. The summed E-state index contributed by atoms with van der Waals surface area (Å²) in [6, 6.07) is 26.0. The fourth-order valence-electron chi connectivity index (χ4n) is 4.07. The minimum absolute atomic E-state index is 0.153. The van der Waals surface area contributed by atoms with Crippen LogP contribution in [0.25, 0.3) is 0 Å². The highest BCUT2D eigenvalue weighted by Gasteiger charge is 2.17. The molecule has 0 atom stereocenters. The van der Waals surface area contributed by atoms with Crippen LogP contribution in [-0.4, -0.2) is 62.2 Å². The zero-order chi connectivity index (χ0) is 23.6. The Bertz CT molecular complexity index is 1030. The highest BCUT2D eigenvalue weighted by Crippen LogP contribution is 2.17. The Balaban J connectivity index is 1.23. The Kier molecular flexibility index (Phi) is 8.68. The molecule has 6 nitrogen and oxygen atoms in total. The summed E-state index contributed by atoms with van der Waals surface area (Å²) in [5.74, 6) is 0.503. The van der Waals surface area contributed by atoms with Gasteiger partial charge in [-0.05, 0) is 41.5 Å². The smallest absolute Gasteiger partial charge is 0.255 e. The largest absolute Gasteiger partial charge is 0.491 e. The van der Waals surface area contributed by atoms with E-state index < -0.39 is 0 Å². The third-order valence-electron chi connectivity index (χ3n) is 5.98. The molecule has 4 rings (SSSR count). The number of carbonyl (C=O) groups excluding carboxylic acids is 1. The minimum Gasteiger partial charge on any atom is -0.491 e. The average Bonchev–Trinajstić information content (AvgIpc) is 2.87. The van der Waals surface area contributed by atoms with E-state index in [1.54, 1.807) is 19.2 Å². The van der Waals surface area contributed by atoms with Gasteiger partial charge in [0.1, 0.15) is 12.4 Å². The van der Waals surface area contributed by atoms with Crippen LogP contribution in [0.5, 0.6) is 5.75 Å². The number of anilines is 1. The monoisotopic (exact) mass is 459 g/mol. The lowest BCUT2D eigenvalue weighted by Gasteiger charge is -2.34. The summed E-state index contributed by atoms with van der Waals surface area (Å²) in [7, 11) is 1.63. The summed E-state index contributed by atoms with van der Waals surface area (Å²) in [6.07, 6.45) is 0. The van der Waals surface area contributed by atoms with E-state index in [0.29, 0.717) is 24.5 Å². The van der Waals surface area contributed by atoms with E-state index in [2.05, 4.69) is 57.6 Å². The van der Waals surface area contributed by atoms with Crippen LogP contribution in [0.1, 0.15) is 21.5 Å². The molecular formula is C28H33N3O3. The number of methoxy groups -OCH3 is 1. The summed E-state index contributed by atoms with van der Waals surface area (Å²) >= 11 is 0. The van der Waals surface area contributed by atoms with Gasteiger partial charge in [-0.1, -0.05) is 48.5 Å². The van der Waals surface area contributed by atoms with Crippen LogP contribution in [0.2, 0.25) is 0 Å². The molecule has 1 heterocycles. The molecule has 0 aromatic heterocycles. The van der Waals surface area contributed by atoms with Gasteiger partial charge in [0.2, 0.25) is 0 Å². The van der Waals surface area contributed by atoms with Crippen LogP contribution in [0.4, 0.5) is 5.69 Å². The maximum absolute atomic E-state index is 12.7. The van der Waals surface area contributed by atoms with Crippen molar-refractivity contribution in [2.75, 3.05) is 51.8 Å². The Morgan fingerprint density at radius 1 is 0.794 bits per heavy atom. The van der Waals surface area contributed by atoms with E-state index in [-0.39, 0.29) is 5.91 Å². The van der Waals surface area contributed by atoms with Crippen molar-refractivity contribution in [2.24, 2.45) is 0 Å². The van der Waals surface area contributed by atoms with E-state index in [4.69, 9.17) is 9.47 Å². The topological polar surface area (TPSA) is 54.0 Å². The number of ether oxygens (including phenoxy) is 2. The van der Waals surface area contributed by atoms with E-state index >= 15 is 0 Å². The Hall–Kier alpha value is -3.19. The van der Waals surface area contributed by atoms with Crippen molar-refractivity contribution in [3.8, 4) is 5.75 Å². The molecule has 1 saturated heterocycles. The molecule has 0 aliphatic carbocycles. The second-order valence-electron chi connectivity index (χ2n) is 8.56. The number of hydrogen-bond acceptors (Lipinski definition) is 5. The second kappa shape index (κ2) is 12.3. The highest BCUT2D eigenvalue weighted by atomic mass is 16.5. The van der Waals surface area contributed by atoms with E-state index in [9.17, 15) is 4.79 Å². The van der Waals surface area contributed by atoms with Crippen LogP contribution in [0, 0.1) is 0 Å². The minimum atomic E-state index is -0.153. The van der Waals surface area contributed by atoms with Crippen molar-refractivity contribution in [1.82, 2.24) is 9.80 Å². The fourth-order valence-corrected chi connectivity index (χ4v) is 4.07. The Labute approximate surface area is 202 Å². The molecule has 0 saturated carbocycles. The number of rotatable bonds is 10. The molecule has 3 aromatic rings. The van der Waals surface area contributed by atoms with Crippen molar-refractivity contribution in [1.29, 1.82) is 0 Å². The molecule has 34 heavy (non-hydrogen) atoms. The predicted molar refractivity (Wildman–Crippen MR) is 135 cm³/mol. The van der Waals surface area contributed by atoms with Crippen molar-refractivity contribution in [2.45, 2.75) is 13.1 Å². The second-order valence-corrected chi connectivity index (χ2v) is 8.56. The molecule has 178 valence electrons. The van der Waals surface area contributed by atoms with Gasteiger partial charge in [-0.3, -0.25) is 14.6 Å². The standard InChI is InChI=1S/C28H33N3O3/c1-33-18-19-34-27-9-5-8-25(20-27)28(32)29-26-12-10-24(11-13-26)22-31-16-14-30(15-17-31)21-23-6-3-2-4-7-23/h2-13,20H,14-19,21-22H2,1H3,(H,29,32). The molecule has 0 unspecified atom stereocenters. The number of amides is 1. The lowest BCUT2D eigenvalue weighted by atomic mass is 10.1. The molecule has 0 spiro atoms. The average molecular weight is 460 g/mol. The third-order valence-corrected chi connectivity index (χ3v) is 5.98. The van der Waals surface area contributed by atoms with E-state index in [1.807, 2.05) is 24.3 Å². The van der Waals surface area contributed by atoms with Gasteiger partial charge in [0, 0.05) is 57.6 Å². The summed E-state index contributed by atoms with van der Waals surface area (Å²) in [6.45, 7) is 7.19. The van der Waals surface area contributed by atoms with Crippen LogP contribution in [-0.2, 0) is 17.8 Å². The summed E-state index contributed by atoms with van der Waals surface area (Å²) in [5, 5.41) is 2.97. The van der Waals surface area contributed by atoms with Gasteiger partial charge in [0.05, 0.1) is 6.61 Å². The van der Waals surface area contributed by atoms with Gasteiger partial charge in [-0.15, -0.1) is 0 Å². The number of carbonyl (C=O) groups is 1. The molecule has 1 amide bonds. The Morgan fingerprint density at radius 3 is 2.09 bits per heavy atom.